The Labute approximate surface area is 140 Å². The minimum absolute atomic E-state index is 0. The van der Waals surface area contributed by atoms with Gasteiger partial charge in [0.25, 0.3) is 0 Å². The fourth-order valence-electron chi connectivity index (χ4n) is 2.10. The summed E-state index contributed by atoms with van der Waals surface area (Å²) in [4.78, 5) is 0. The molecule has 7 heteroatoms. The maximum atomic E-state index is 5.69. The van der Waals surface area contributed by atoms with Crippen molar-refractivity contribution in [2.45, 2.75) is 0 Å². The lowest BCUT2D eigenvalue weighted by Crippen LogP contribution is -1.95. The Morgan fingerprint density at radius 1 is 0.957 bits per heavy atom. The molecule has 1 aromatic heterocycles. The number of benzene rings is 2. The average Bonchev–Trinajstić information content (AvgIpc) is 3.05. The van der Waals surface area contributed by atoms with Gasteiger partial charge < -0.3 is 15.2 Å². The van der Waals surface area contributed by atoms with Crippen molar-refractivity contribution in [3.8, 4) is 28.4 Å². The highest BCUT2D eigenvalue weighted by atomic mass is 35.5. The molecule has 3 aromatic rings. The Morgan fingerprint density at radius 3 is 2.13 bits per heavy atom. The lowest BCUT2D eigenvalue weighted by atomic mass is 10.1. The molecule has 0 amide bonds. The van der Waals surface area contributed by atoms with Crippen molar-refractivity contribution >= 4 is 18.1 Å². The maximum absolute atomic E-state index is 5.69. The number of nitrogen functional groups attached to an aromatic ring is 1. The predicted octanol–water partition coefficient (Wildman–Crippen LogP) is 2.96. The van der Waals surface area contributed by atoms with Gasteiger partial charge in [-0.1, -0.05) is 5.21 Å². The normalized spacial score (nSPS) is 10.0. The summed E-state index contributed by atoms with van der Waals surface area (Å²) < 4.78 is 12.2. The average molecular weight is 333 g/mol. The van der Waals surface area contributed by atoms with Crippen LogP contribution >= 0.6 is 12.4 Å². The van der Waals surface area contributed by atoms with Crippen molar-refractivity contribution in [1.29, 1.82) is 0 Å². The number of aromatic nitrogens is 3. The summed E-state index contributed by atoms with van der Waals surface area (Å²) in [5.74, 6) is 1.41. The quantitative estimate of drug-likeness (QED) is 0.743. The molecule has 0 saturated carbocycles. The molecule has 0 aliphatic heterocycles. The Hall–Kier alpha value is -2.73. The van der Waals surface area contributed by atoms with Gasteiger partial charge >= 0.3 is 0 Å². The summed E-state index contributed by atoms with van der Waals surface area (Å²) >= 11 is 0. The van der Waals surface area contributed by atoms with E-state index in [2.05, 4.69) is 10.3 Å². The molecule has 0 aliphatic rings. The number of nitrogens with zero attached hydrogens (tertiary/aromatic N) is 3. The van der Waals surface area contributed by atoms with Gasteiger partial charge in [0.15, 0.2) is 0 Å². The smallest absolute Gasteiger partial charge is 0.123 e. The molecule has 2 N–H and O–H groups in total. The van der Waals surface area contributed by atoms with Crippen molar-refractivity contribution < 1.29 is 9.47 Å². The Morgan fingerprint density at radius 2 is 1.57 bits per heavy atom. The van der Waals surface area contributed by atoms with Gasteiger partial charge in [0.2, 0.25) is 0 Å². The number of nitrogens with two attached hydrogens (primary N) is 1. The molecule has 0 atom stereocenters. The van der Waals surface area contributed by atoms with Gasteiger partial charge in [-0.15, -0.1) is 17.5 Å². The van der Waals surface area contributed by atoms with Gasteiger partial charge in [-0.25, -0.2) is 4.68 Å². The third kappa shape index (κ3) is 3.54. The highest BCUT2D eigenvalue weighted by molar-refractivity contribution is 5.85. The summed E-state index contributed by atoms with van der Waals surface area (Å²) in [6, 6.07) is 13.0. The van der Waals surface area contributed by atoms with Gasteiger partial charge in [-0.3, -0.25) is 0 Å². The van der Waals surface area contributed by atoms with Gasteiger partial charge in [0.05, 0.1) is 26.1 Å². The number of anilines is 1. The van der Waals surface area contributed by atoms with E-state index in [1.165, 1.54) is 0 Å². The molecular formula is C16H17ClN4O2. The number of ether oxygens (including phenoxy) is 2. The first-order chi connectivity index (χ1) is 10.7. The van der Waals surface area contributed by atoms with Crippen LogP contribution in [0.1, 0.15) is 0 Å². The summed E-state index contributed by atoms with van der Waals surface area (Å²) in [5, 5.41) is 8.35. The lowest BCUT2D eigenvalue weighted by molar-refractivity contribution is 0.394. The molecule has 120 valence electrons. The molecule has 3 rings (SSSR count). The van der Waals surface area contributed by atoms with Crippen LogP contribution in [0.25, 0.3) is 16.9 Å². The molecule has 0 spiro atoms. The van der Waals surface area contributed by atoms with Gasteiger partial charge in [0.1, 0.15) is 17.2 Å². The van der Waals surface area contributed by atoms with Crippen LogP contribution in [-0.2, 0) is 0 Å². The van der Waals surface area contributed by atoms with Crippen molar-refractivity contribution in [1.82, 2.24) is 15.0 Å². The first kappa shape index (κ1) is 16.6. The van der Waals surface area contributed by atoms with Crippen molar-refractivity contribution in [3.05, 3.63) is 48.7 Å². The Kier molecular flexibility index (Phi) is 5.08. The highest BCUT2D eigenvalue weighted by Crippen LogP contribution is 2.28. The van der Waals surface area contributed by atoms with Gasteiger partial charge in [-0.2, -0.15) is 0 Å². The van der Waals surface area contributed by atoms with Crippen LogP contribution in [0, 0.1) is 0 Å². The first-order valence-corrected chi connectivity index (χ1v) is 6.71. The van der Waals surface area contributed by atoms with Crippen LogP contribution in [0.2, 0.25) is 0 Å². The molecule has 0 bridgehead atoms. The van der Waals surface area contributed by atoms with E-state index in [0.717, 1.165) is 16.9 Å². The molecule has 0 unspecified atom stereocenters. The topological polar surface area (TPSA) is 75.2 Å². The van der Waals surface area contributed by atoms with Crippen LogP contribution in [0.15, 0.2) is 48.7 Å². The fraction of sp³-hybridized carbons (Fsp3) is 0.125. The van der Waals surface area contributed by atoms with E-state index in [9.17, 15) is 0 Å². The molecule has 0 fully saturated rings. The molecule has 23 heavy (non-hydrogen) atoms. The molecule has 0 saturated heterocycles. The van der Waals surface area contributed by atoms with E-state index >= 15 is 0 Å². The van der Waals surface area contributed by atoms with Crippen LogP contribution in [0.3, 0.4) is 0 Å². The number of halogens is 1. The second-order valence-electron chi connectivity index (χ2n) is 4.74. The number of rotatable bonds is 4. The molecule has 0 aliphatic carbocycles. The maximum Gasteiger partial charge on any atom is 0.123 e. The summed E-state index contributed by atoms with van der Waals surface area (Å²) in [7, 11) is 3.23. The minimum Gasteiger partial charge on any atom is -0.497 e. The van der Waals surface area contributed by atoms with Gasteiger partial charge in [0, 0.05) is 17.3 Å². The third-order valence-corrected chi connectivity index (χ3v) is 3.30. The second-order valence-corrected chi connectivity index (χ2v) is 4.74. The van der Waals surface area contributed by atoms with E-state index in [4.69, 9.17) is 15.2 Å². The van der Waals surface area contributed by atoms with Crippen LogP contribution in [0.5, 0.6) is 11.5 Å². The van der Waals surface area contributed by atoms with Crippen LogP contribution in [0.4, 0.5) is 5.69 Å². The lowest BCUT2D eigenvalue weighted by Gasteiger charge is -2.06. The SMILES string of the molecule is COc1cc(OC)cc(-c2cn(-c3ccc(N)cc3)nn2)c1.Cl. The number of hydrogen-bond acceptors (Lipinski definition) is 5. The Balaban J connectivity index is 0.00000192. The number of hydrogen-bond donors (Lipinski definition) is 1. The minimum atomic E-state index is 0. The third-order valence-electron chi connectivity index (χ3n) is 3.30. The summed E-state index contributed by atoms with van der Waals surface area (Å²) in [6.45, 7) is 0. The van der Waals surface area contributed by atoms with E-state index < -0.39 is 0 Å². The molecule has 2 aromatic carbocycles. The predicted molar refractivity (Wildman–Crippen MR) is 91.6 cm³/mol. The van der Waals surface area contributed by atoms with Crippen LogP contribution in [-0.4, -0.2) is 29.2 Å². The highest BCUT2D eigenvalue weighted by Gasteiger charge is 2.09. The zero-order chi connectivity index (χ0) is 15.5. The molecule has 6 nitrogen and oxygen atoms in total. The first-order valence-electron chi connectivity index (χ1n) is 6.71. The monoisotopic (exact) mass is 332 g/mol. The van der Waals surface area contributed by atoms with E-state index in [-0.39, 0.29) is 12.4 Å². The van der Waals surface area contributed by atoms with Crippen molar-refractivity contribution in [2.75, 3.05) is 20.0 Å². The summed E-state index contributed by atoms with van der Waals surface area (Å²) in [5.41, 5.74) is 8.90. The van der Waals surface area contributed by atoms with E-state index in [1.54, 1.807) is 18.9 Å². The van der Waals surface area contributed by atoms with E-state index in [1.807, 2.05) is 48.7 Å². The van der Waals surface area contributed by atoms with Crippen molar-refractivity contribution in [3.63, 3.8) is 0 Å². The molecular weight excluding hydrogens is 316 g/mol. The number of methoxy groups -OCH3 is 2. The zero-order valence-electron chi connectivity index (χ0n) is 12.8. The largest absolute Gasteiger partial charge is 0.497 e. The van der Waals surface area contributed by atoms with Crippen LogP contribution < -0.4 is 15.2 Å². The zero-order valence-corrected chi connectivity index (χ0v) is 13.6. The second kappa shape index (κ2) is 7.02. The Bertz CT molecular complexity index is 765. The van der Waals surface area contributed by atoms with E-state index in [0.29, 0.717) is 17.2 Å². The van der Waals surface area contributed by atoms with Crippen molar-refractivity contribution in [2.24, 2.45) is 0 Å². The molecule has 1 heterocycles. The standard InChI is InChI=1S/C16H16N4O2.ClH/c1-21-14-7-11(8-15(9-14)22-2)16-10-20(19-18-16)13-5-3-12(17)4-6-13;/h3-10H,17H2,1-2H3;1H. The molecule has 0 radical (unpaired) electrons. The fourth-order valence-corrected chi connectivity index (χ4v) is 2.10. The van der Waals surface area contributed by atoms with Gasteiger partial charge in [-0.05, 0) is 36.4 Å². The summed E-state index contributed by atoms with van der Waals surface area (Å²) in [6.07, 6.45) is 1.85.